The first-order valence-corrected chi connectivity index (χ1v) is 10.9. The number of nitriles is 1. The van der Waals surface area contributed by atoms with Crippen LogP contribution in [0.15, 0.2) is 24.4 Å². The second-order valence-electron chi connectivity index (χ2n) is 7.98. The van der Waals surface area contributed by atoms with E-state index in [1.807, 2.05) is 6.07 Å². The van der Waals surface area contributed by atoms with E-state index in [-0.39, 0.29) is 43.7 Å². The molecule has 2 aliphatic rings. The van der Waals surface area contributed by atoms with E-state index in [0.29, 0.717) is 42.6 Å². The summed E-state index contributed by atoms with van der Waals surface area (Å²) in [7, 11) is 0. The molecular weight excluding hydrogens is 434 g/mol. The molecule has 2 aromatic carbocycles. The minimum absolute atomic E-state index is 0.0855. The van der Waals surface area contributed by atoms with E-state index >= 15 is 4.39 Å². The fraction of sp³-hybridized carbons (Fsp3) is 0.227. The lowest BCUT2D eigenvalue weighted by Crippen LogP contribution is -2.54. The van der Waals surface area contributed by atoms with Gasteiger partial charge in [-0.2, -0.15) is 10.4 Å². The largest absolute Gasteiger partial charge is 0.389 e. The highest BCUT2D eigenvalue weighted by Gasteiger charge is 2.35. The highest BCUT2D eigenvalue weighted by atomic mass is 32.1. The Morgan fingerprint density at radius 1 is 1.28 bits per heavy atom. The fourth-order valence-corrected chi connectivity index (χ4v) is 5.83. The minimum atomic E-state index is -0.629. The molecule has 1 atom stereocenters. The lowest BCUT2D eigenvalue weighted by atomic mass is 9.94. The summed E-state index contributed by atoms with van der Waals surface area (Å²) in [5, 5.41) is 18.3. The smallest absolute Gasteiger partial charge is 0.256 e. The number of thiophene rings is 1. The van der Waals surface area contributed by atoms with Crippen LogP contribution in [0, 0.1) is 23.0 Å². The molecule has 1 saturated heterocycles. The van der Waals surface area contributed by atoms with Gasteiger partial charge < -0.3 is 16.0 Å². The molecule has 160 valence electrons. The van der Waals surface area contributed by atoms with Gasteiger partial charge in [0.2, 0.25) is 0 Å². The van der Waals surface area contributed by atoms with Crippen molar-refractivity contribution >= 4 is 43.2 Å². The normalized spacial score (nSPS) is 18.1. The summed E-state index contributed by atoms with van der Waals surface area (Å²) in [5.41, 5.74) is 7.41. The number of hydrogen-bond acceptors (Lipinski definition) is 6. The average molecular weight is 450 g/mol. The van der Waals surface area contributed by atoms with E-state index in [1.54, 1.807) is 9.58 Å². The third kappa shape index (κ3) is 2.46. The van der Waals surface area contributed by atoms with Crippen LogP contribution in [0.2, 0.25) is 0 Å². The quantitative estimate of drug-likeness (QED) is 0.464. The summed E-state index contributed by atoms with van der Waals surface area (Å²) < 4.78 is 32.1. The van der Waals surface area contributed by atoms with Gasteiger partial charge in [0.1, 0.15) is 22.7 Å². The van der Waals surface area contributed by atoms with Crippen LogP contribution in [0.1, 0.15) is 15.9 Å². The van der Waals surface area contributed by atoms with Gasteiger partial charge in [0.05, 0.1) is 40.1 Å². The van der Waals surface area contributed by atoms with E-state index in [4.69, 9.17) is 5.73 Å². The maximum absolute atomic E-state index is 15.7. The number of carbonyl (C=O) groups is 1. The molecular formula is C22H16F2N6OS. The van der Waals surface area contributed by atoms with E-state index in [1.165, 1.54) is 24.4 Å². The Hall–Kier alpha value is -3.55. The summed E-state index contributed by atoms with van der Waals surface area (Å²) in [6.07, 6.45) is 1.54. The number of rotatable bonds is 1. The number of hydrogen-bond donors (Lipinski definition) is 2. The molecule has 10 heteroatoms. The zero-order valence-electron chi connectivity index (χ0n) is 16.7. The van der Waals surface area contributed by atoms with Crippen LogP contribution in [-0.4, -0.2) is 46.3 Å². The zero-order valence-corrected chi connectivity index (χ0v) is 17.5. The lowest BCUT2D eigenvalue weighted by Gasteiger charge is -2.34. The van der Waals surface area contributed by atoms with Crippen molar-refractivity contribution in [3.05, 3.63) is 47.2 Å². The Balaban J connectivity index is 1.68. The number of aromatic nitrogens is 2. The first-order chi connectivity index (χ1) is 15.5. The summed E-state index contributed by atoms with van der Waals surface area (Å²) >= 11 is 0.961. The van der Waals surface area contributed by atoms with E-state index < -0.39 is 11.6 Å². The van der Waals surface area contributed by atoms with Crippen molar-refractivity contribution in [1.82, 2.24) is 20.0 Å². The van der Waals surface area contributed by atoms with Gasteiger partial charge in [0, 0.05) is 36.0 Å². The number of nitrogens with two attached hydrogens (primary N) is 1. The highest BCUT2D eigenvalue weighted by Crippen LogP contribution is 2.44. The van der Waals surface area contributed by atoms with Crippen molar-refractivity contribution in [3.63, 3.8) is 0 Å². The Kier molecular flexibility index (Phi) is 4.02. The minimum Gasteiger partial charge on any atom is -0.389 e. The predicted octanol–water partition coefficient (Wildman–Crippen LogP) is 3.08. The van der Waals surface area contributed by atoms with Gasteiger partial charge >= 0.3 is 0 Å². The molecule has 4 heterocycles. The van der Waals surface area contributed by atoms with Crippen molar-refractivity contribution in [2.24, 2.45) is 0 Å². The molecule has 0 aliphatic carbocycles. The SMILES string of the molecule is N#Cc1c(N)sc2c(F)ccc(-c3c(F)cc4c5c3cnn5C[C@H]3CNCCN3C4=O)c12. The third-order valence-corrected chi connectivity index (χ3v) is 7.33. The van der Waals surface area contributed by atoms with Gasteiger partial charge in [-0.1, -0.05) is 6.07 Å². The number of anilines is 1. The number of nitrogens with one attached hydrogen (secondary N) is 1. The van der Waals surface area contributed by atoms with Crippen LogP contribution in [-0.2, 0) is 6.54 Å². The van der Waals surface area contributed by atoms with Crippen LogP contribution >= 0.6 is 11.3 Å². The second kappa shape index (κ2) is 6.72. The van der Waals surface area contributed by atoms with Gasteiger partial charge in [0.25, 0.3) is 5.91 Å². The topological polar surface area (TPSA) is 100.0 Å². The molecule has 6 rings (SSSR count). The number of carbonyl (C=O) groups excluding carboxylic acids is 1. The average Bonchev–Trinajstić information content (AvgIpc) is 3.32. The fourth-order valence-electron chi connectivity index (χ4n) is 4.88. The molecule has 0 saturated carbocycles. The zero-order chi connectivity index (χ0) is 22.1. The highest BCUT2D eigenvalue weighted by molar-refractivity contribution is 7.23. The van der Waals surface area contributed by atoms with Gasteiger partial charge in [-0.15, -0.1) is 11.3 Å². The first-order valence-electron chi connectivity index (χ1n) is 10.1. The van der Waals surface area contributed by atoms with Crippen molar-refractivity contribution in [1.29, 1.82) is 5.26 Å². The Labute approximate surface area is 184 Å². The van der Waals surface area contributed by atoms with Crippen molar-refractivity contribution in [2.45, 2.75) is 12.6 Å². The van der Waals surface area contributed by atoms with Crippen LogP contribution in [0.3, 0.4) is 0 Å². The first kappa shape index (κ1) is 19.2. The van der Waals surface area contributed by atoms with Crippen molar-refractivity contribution in [3.8, 4) is 17.2 Å². The maximum atomic E-state index is 15.7. The summed E-state index contributed by atoms with van der Waals surface area (Å²) in [5.74, 6) is -1.38. The number of benzene rings is 2. The Morgan fingerprint density at radius 3 is 2.94 bits per heavy atom. The van der Waals surface area contributed by atoms with E-state index in [0.717, 1.165) is 11.3 Å². The summed E-state index contributed by atoms with van der Waals surface area (Å²) in [6, 6.07) is 5.87. The van der Waals surface area contributed by atoms with Crippen LogP contribution in [0.25, 0.3) is 32.1 Å². The number of nitrogen functional groups attached to an aromatic ring is 1. The van der Waals surface area contributed by atoms with Crippen LogP contribution in [0.4, 0.5) is 13.8 Å². The number of piperazine rings is 1. The molecule has 2 aromatic heterocycles. The van der Waals surface area contributed by atoms with Crippen molar-refractivity contribution < 1.29 is 13.6 Å². The number of halogens is 2. The third-order valence-electron chi connectivity index (χ3n) is 6.30. The van der Waals surface area contributed by atoms with Gasteiger partial charge in [-0.25, -0.2) is 8.78 Å². The Morgan fingerprint density at radius 2 is 2.12 bits per heavy atom. The molecule has 4 aromatic rings. The van der Waals surface area contributed by atoms with Gasteiger partial charge in [0.15, 0.2) is 0 Å². The molecule has 0 unspecified atom stereocenters. The van der Waals surface area contributed by atoms with Gasteiger partial charge in [-0.05, 0) is 17.7 Å². The molecule has 0 spiro atoms. The van der Waals surface area contributed by atoms with Crippen molar-refractivity contribution in [2.75, 3.05) is 25.4 Å². The summed E-state index contributed by atoms with van der Waals surface area (Å²) in [4.78, 5) is 15.1. The second-order valence-corrected chi connectivity index (χ2v) is 9.03. The monoisotopic (exact) mass is 450 g/mol. The summed E-state index contributed by atoms with van der Waals surface area (Å²) in [6.45, 7) is 2.33. The molecule has 2 aliphatic heterocycles. The molecule has 0 bridgehead atoms. The molecule has 32 heavy (non-hydrogen) atoms. The standard InChI is InChI=1S/C22H16F2N6OS/c23-15-2-1-11(18-13(6-25)21(26)32-20(15)18)17-14-8-28-30-9-10-7-27-3-4-29(10)22(31)12(19(14)30)5-16(17)24/h1-2,5,8,10,27H,3-4,7,9,26H2/t10-/m1/s1. The molecule has 1 fully saturated rings. The van der Waals surface area contributed by atoms with Gasteiger partial charge in [-0.3, -0.25) is 9.48 Å². The number of amides is 1. The maximum Gasteiger partial charge on any atom is 0.256 e. The molecule has 0 radical (unpaired) electrons. The number of nitrogens with zero attached hydrogens (tertiary/aromatic N) is 4. The molecule has 3 N–H and O–H groups in total. The van der Waals surface area contributed by atoms with Crippen LogP contribution in [0.5, 0.6) is 0 Å². The molecule has 7 nitrogen and oxygen atoms in total. The predicted molar refractivity (Wildman–Crippen MR) is 117 cm³/mol. The van der Waals surface area contributed by atoms with Crippen LogP contribution < -0.4 is 11.1 Å². The Bertz CT molecular complexity index is 1500. The van der Waals surface area contributed by atoms with E-state index in [9.17, 15) is 14.4 Å². The number of fused-ring (bicyclic) bond motifs is 2. The lowest BCUT2D eigenvalue weighted by molar-refractivity contribution is 0.0625. The van der Waals surface area contributed by atoms with E-state index in [2.05, 4.69) is 10.4 Å². The molecule has 1 amide bonds.